The Morgan fingerprint density at radius 2 is 1.80 bits per heavy atom. The fourth-order valence-electron chi connectivity index (χ4n) is 6.80. The largest absolute Gasteiger partial charge is 0.394 e. The van der Waals surface area contributed by atoms with Gasteiger partial charge in [0.25, 0.3) is 0 Å². The molecular formula is C28H46N2O5. The smallest absolute Gasteiger partial charge is 0.240 e. The van der Waals surface area contributed by atoms with Gasteiger partial charge in [-0.1, -0.05) is 37.5 Å². The normalized spacial score (nSPS) is 34.8. The number of carbonyl (C=O) groups is 1. The van der Waals surface area contributed by atoms with E-state index < -0.39 is 29.8 Å². The maximum absolute atomic E-state index is 13.4. The first-order valence-corrected chi connectivity index (χ1v) is 14.1. The lowest BCUT2D eigenvalue weighted by Crippen LogP contribution is -2.51. The molecule has 7 nitrogen and oxygen atoms in total. The molecule has 0 spiro atoms. The van der Waals surface area contributed by atoms with Crippen molar-refractivity contribution in [3.63, 3.8) is 0 Å². The van der Waals surface area contributed by atoms with E-state index in [0.29, 0.717) is 24.9 Å². The predicted octanol–water partition coefficient (Wildman–Crippen LogP) is 2.77. The molecule has 35 heavy (non-hydrogen) atoms. The van der Waals surface area contributed by atoms with Crippen LogP contribution in [0.15, 0.2) is 0 Å². The van der Waals surface area contributed by atoms with E-state index in [1.807, 2.05) is 0 Å². The Bertz CT molecular complexity index is 750. The fraction of sp³-hybridized carbons (Fsp3) is 0.893. The first-order valence-electron chi connectivity index (χ1n) is 14.1. The molecule has 0 bridgehead atoms. The van der Waals surface area contributed by atoms with Gasteiger partial charge in [0.1, 0.15) is 17.7 Å². The molecular weight excluding hydrogens is 444 g/mol. The van der Waals surface area contributed by atoms with Crippen molar-refractivity contribution in [2.45, 2.75) is 114 Å². The molecule has 0 aromatic carbocycles. The monoisotopic (exact) mass is 490 g/mol. The second-order valence-electron chi connectivity index (χ2n) is 11.7. The van der Waals surface area contributed by atoms with Gasteiger partial charge in [0.05, 0.1) is 12.7 Å². The quantitative estimate of drug-likeness (QED) is 0.410. The number of hydroxylamine groups is 2. The van der Waals surface area contributed by atoms with Gasteiger partial charge in [-0.15, -0.1) is 0 Å². The first-order chi connectivity index (χ1) is 16.9. The summed E-state index contributed by atoms with van der Waals surface area (Å²) in [5.74, 6) is 7.08. The summed E-state index contributed by atoms with van der Waals surface area (Å²) in [6, 6.07) is -0.610. The highest BCUT2D eigenvalue weighted by Gasteiger charge is 2.49. The van der Waals surface area contributed by atoms with Crippen molar-refractivity contribution < 1.29 is 25.0 Å². The standard InChI is InChI=1S/C28H46N2O5/c1-20(32)25-24(19-31)35-30(26(25)27(33)29-17-22-8-3-2-4-9-22)18-23-11-7-10-21(16-23)12-15-28(34)13-5-6-14-28/h20-26,31-32,34H,2-11,13-14,16-19H2,1H3,(H,29,33)/t20-,21?,23?,24-,25+,26-/m1/s1. The lowest BCUT2D eigenvalue weighted by molar-refractivity contribution is -0.183. The maximum Gasteiger partial charge on any atom is 0.240 e. The van der Waals surface area contributed by atoms with Gasteiger partial charge in [-0.05, 0) is 76.5 Å². The third kappa shape index (κ3) is 6.99. The fourth-order valence-corrected chi connectivity index (χ4v) is 6.80. The van der Waals surface area contributed by atoms with E-state index in [4.69, 9.17) is 4.84 Å². The summed E-state index contributed by atoms with van der Waals surface area (Å²) >= 11 is 0. The first kappa shape index (κ1) is 26.9. The van der Waals surface area contributed by atoms with Crippen LogP contribution in [0.2, 0.25) is 0 Å². The summed E-state index contributed by atoms with van der Waals surface area (Å²) in [7, 11) is 0. The minimum atomic E-state index is -0.800. The topological polar surface area (TPSA) is 102 Å². The number of aliphatic hydroxyl groups excluding tert-OH is 2. The molecule has 6 atom stereocenters. The van der Waals surface area contributed by atoms with E-state index in [2.05, 4.69) is 17.2 Å². The molecule has 7 heteroatoms. The van der Waals surface area contributed by atoms with Crippen molar-refractivity contribution in [2.75, 3.05) is 19.7 Å². The van der Waals surface area contributed by atoms with Gasteiger partial charge in [0.2, 0.25) is 5.91 Å². The molecule has 0 aromatic heterocycles. The molecule has 4 N–H and O–H groups in total. The van der Waals surface area contributed by atoms with Crippen LogP contribution in [0.4, 0.5) is 0 Å². The van der Waals surface area contributed by atoms with Gasteiger partial charge in [-0.25, -0.2) is 0 Å². The summed E-state index contributed by atoms with van der Waals surface area (Å²) in [6.45, 7) is 2.71. The number of aliphatic hydroxyl groups is 3. The van der Waals surface area contributed by atoms with Gasteiger partial charge in [0, 0.05) is 24.9 Å². The summed E-state index contributed by atoms with van der Waals surface area (Å²) in [6.07, 6.45) is 12.4. The Labute approximate surface area is 210 Å². The molecule has 2 unspecified atom stereocenters. The van der Waals surface area contributed by atoms with Crippen LogP contribution in [0.25, 0.3) is 0 Å². The Balaban J connectivity index is 1.39. The number of amides is 1. The SMILES string of the molecule is C[C@@H](O)[C@H]1[C@@H](CO)ON(CC2CCCC(C#CC3(O)CCCC3)C2)[C@H]1C(=O)NCC1CCCCC1. The van der Waals surface area contributed by atoms with Crippen molar-refractivity contribution >= 4 is 5.91 Å². The van der Waals surface area contributed by atoms with Gasteiger partial charge in [-0.2, -0.15) is 5.06 Å². The molecule has 3 aliphatic carbocycles. The minimum Gasteiger partial charge on any atom is -0.394 e. The summed E-state index contributed by atoms with van der Waals surface area (Å²) in [5, 5.41) is 36.0. The van der Waals surface area contributed by atoms with Crippen LogP contribution >= 0.6 is 0 Å². The van der Waals surface area contributed by atoms with Crippen LogP contribution < -0.4 is 5.32 Å². The van der Waals surface area contributed by atoms with Gasteiger partial charge in [-0.3, -0.25) is 9.63 Å². The highest BCUT2D eigenvalue weighted by atomic mass is 16.7. The molecule has 1 heterocycles. The zero-order chi connectivity index (χ0) is 24.8. The summed E-state index contributed by atoms with van der Waals surface area (Å²) < 4.78 is 0. The number of nitrogens with one attached hydrogen (secondary N) is 1. The molecule has 0 radical (unpaired) electrons. The van der Waals surface area contributed by atoms with E-state index >= 15 is 0 Å². The molecule has 3 saturated carbocycles. The van der Waals surface area contributed by atoms with E-state index in [0.717, 1.165) is 64.2 Å². The maximum atomic E-state index is 13.4. The Morgan fingerprint density at radius 1 is 1.09 bits per heavy atom. The van der Waals surface area contributed by atoms with E-state index in [9.17, 15) is 20.1 Å². The van der Waals surface area contributed by atoms with Gasteiger partial charge in [0.15, 0.2) is 0 Å². The van der Waals surface area contributed by atoms with Gasteiger partial charge < -0.3 is 20.6 Å². The number of hydrogen-bond donors (Lipinski definition) is 4. The molecule has 1 saturated heterocycles. The number of rotatable bonds is 7. The Hall–Kier alpha value is -1.17. The number of carbonyl (C=O) groups excluding carboxylic acids is 1. The molecule has 198 valence electrons. The predicted molar refractivity (Wildman–Crippen MR) is 134 cm³/mol. The van der Waals surface area contributed by atoms with E-state index in [1.165, 1.54) is 19.3 Å². The molecule has 1 aliphatic heterocycles. The second kappa shape index (κ2) is 12.4. The summed E-state index contributed by atoms with van der Waals surface area (Å²) in [4.78, 5) is 19.5. The Morgan fingerprint density at radius 3 is 2.49 bits per heavy atom. The summed E-state index contributed by atoms with van der Waals surface area (Å²) in [5.41, 5.74) is -0.800. The molecule has 0 aromatic rings. The van der Waals surface area contributed by atoms with Crippen LogP contribution in [0.3, 0.4) is 0 Å². The lowest BCUT2D eigenvalue weighted by Gasteiger charge is -2.32. The van der Waals surface area contributed by atoms with Crippen molar-refractivity contribution in [1.82, 2.24) is 10.4 Å². The minimum absolute atomic E-state index is 0.104. The lowest BCUT2D eigenvalue weighted by atomic mass is 9.81. The zero-order valence-corrected chi connectivity index (χ0v) is 21.5. The van der Waals surface area contributed by atoms with Crippen LogP contribution in [0.5, 0.6) is 0 Å². The molecule has 4 fully saturated rings. The van der Waals surface area contributed by atoms with E-state index in [-0.39, 0.29) is 18.4 Å². The number of hydrogen-bond acceptors (Lipinski definition) is 6. The van der Waals surface area contributed by atoms with Gasteiger partial charge >= 0.3 is 0 Å². The number of nitrogens with zero attached hydrogens (tertiary/aromatic N) is 1. The molecule has 4 aliphatic rings. The van der Waals surface area contributed by atoms with Crippen molar-refractivity contribution in [2.24, 2.45) is 23.7 Å². The van der Waals surface area contributed by atoms with Crippen LogP contribution in [0.1, 0.15) is 90.4 Å². The molecule has 4 rings (SSSR count). The molecule has 1 amide bonds. The third-order valence-corrected chi connectivity index (χ3v) is 8.83. The van der Waals surface area contributed by atoms with Crippen molar-refractivity contribution in [3.8, 4) is 11.8 Å². The highest BCUT2D eigenvalue weighted by molar-refractivity contribution is 5.82. The van der Waals surface area contributed by atoms with Crippen LogP contribution in [-0.2, 0) is 9.63 Å². The Kier molecular flexibility index (Phi) is 9.51. The van der Waals surface area contributed by atoms with E-state index in [1.54, 1.807) is 12.0 Å². The second-order valence-corrected chi connectivity index (χ2v) is 11.7. The van der Waals surface area contributed by atoms with Crippen molar-refractivity contribution in [1.29, 1.82) is 0 Å². The average molecular weight is 491 g/mol. The van der Waals surface area contributed by atoms with Crippen molar-refractivity contribution in [3.05, 3.63) is 0 Å². The average Bonchev–Trinajstić information content (AvgIpc) is 3.46. The van der Waals surface area contributed by atoms with Crippen LogP contribution in [-0.4, -0.2) is 69.8 Å². The third-order valence-electron chi connectivity index (χ3n) is 8.83. The highest BCUT2D eigenvalue weighted by Crippen LogP contribution is 2.36. The zero-order valence-electron chi connectivity index (χ0n) is 21.5. The van der Waals surface area contributed by atoms with Crippen LogP contribution in [0, 0.1) is 35.5 Å².